The molecule has 1 aromatic rings. The predicted octanol–water partition coefficient (Wildman–Crippen LogP) is 2.05. The molecule has 0 aromatic heterocycles. The lowest BCUT2D eigenvalue weighted by molar-refractivity contribution is -0.118. The van der Waals surface area contributed by atoms with Gasteiger partial charge in [-0.1, -0.05) is 18.2 Å². The van der Waals surface area contributed by atoms with E-state index in [0.29, 0.717) is 30.2 Å². The minimum Gasteiger partial charge on any atom is -0.478 e. The molecule has 0 aliphatic carbocycles. The van der Waals surface area contributed by atoms with Crippen molar-refractivity contribution in [3.63, 3.8) is 0 Å². The Morgan fingerprint density at radius 1 is 1.44 bits per heavy atom. The van der Waals surface area contributed by atoms with Gasteiger partial charge in [0.1, 0.15) is 6.07 Å². The minimum absolute atomic E-state index is 0.159. The number of hydrogen-bond donors (Lipinski definition) is 1. The average Bonchev–Trinajstić information content (AvgIpc) is 2.85. The van der Waals surface area contributed by atoms with Crippen LogP contribution in [0.1, 0.15) is 6.42 Å². The van der Waals surface area contributed by atoms with E-state index in [4.69, 9.17) is 10.00 Å². The zero-order valence-electron chi connectivity index (χ0n) is 9.68. The molecule has 92 valence electrons. The summed E-state index contributed by atoms with van der Waals surface area (Å²) in [5.41, 5.74) is 0.507. The van der Waals surface area contributed by atoms with Crippen LogP contribution in [0, 0.1) is 11.3 Å². The molecule has 0 radical (unpaired) electrons. The summed E-state index contributed by atoms with van der Waals surface area (Å²) >= 11 is 1.45. The van der Waals surface area contributed by atoms with Crippen LogP contribution in [0.25, 0.3) is 0 Å². The van der Waals surface area contributed by atoms with E-state index in [9.17, 15) is 4.79 Å². The molecule has 0 saturated heterocycles. The van der Waals surface area contributed by atoms with Crippen LogP contribution in [0.2, 0.25) is 0 Å². The Hall–Kier alpha value is -1.93. The smallest absolute Gasteiger partial charge is 0.237 e. The lowest BCUT2D eigenvalue weighted by Crippen LogP contribution is -2.25. The van der Waals surface area contributed by atoms with E-state index in [1.54, 1.807) is 0 Å². The predicted molar refractivity (Wildman–Crippen MR) is 68.5 cm³/mol. The van der Waals surface area contributed by atoms with Gasteiger partial charge < -0.3 is 4.74 Å². The molecule has 4 nitrogen and oxygen atoms in total. The standard InChI is InChI=1S/C13H12N2O2S/c14-8-10-6-7-17-13(10)15-12(16)9-18-11-4-2-1-3-5-11/h1-5H,6-7,9H2,(H,15,16). The van der Waals surface area contributed by atoms with Crippen LogP contribution in [0.3, 0.4) is 0 Å². The fourth-order valence-electron chi connectivity index (χ4n) is 1.50. The maximum atomic E-state index is 11.7. The van der Waals surface area contributed by atoms with Crippen LogP contribution in [0.5, 0.6) is 0 Å². The highest BCUT2D eigenvalue weighted by Crippen LogP contribution is 2.18. The third kappa shape index (κ3) is 3.28. The molecule has 1 amide bonds. The third-order valence-corrected chi connectivity index (χ3v) is 3.39. The van der Waals surface area contributed by atoms with Crippen molar-refractivity contribution in [3.05, 3.63) is 41.8 Å². The number of carbonyl (C=O) groups excluding carboxylic acids is 1. The van der Waals surface area contributed by atoms with Crippen molar-refractivity contribution in [1.29, 1.82) is 5.26 Å². The van der Waals surface area contributed by atoms with Crippen LogP contribution >= 0.6 is 11.8 Å². The minimum atomic E-state index is -0.159. The number of hydrogen-bond acceptors (Lipinski definition) is 4. The summed E-state index contributed by atoms with van der Waals surface area (Å²) in [6.07, 6.45) is 0.567. The van der Waals surface area contributed by atoms with Gasteiger partial charge in [-0.05, 0) is 12.1 Å². The summed E-state index contributed by atoms with van der Waals surface area (Å²) in [5.74, 6) is 0.458. The summed E-state index contributed by atoms with van der Waals surface area (Å²) in [4.78, 5) is 12.7. The van der Waals surface area contributed by atoms with E-state index < -0.39 is 0 Å². The fourth-order valence-corrected chi connectivity index (χ4v) is 2.22. The van der Waals surface area contributed by atoms with Gasteiger partial charge in [0.05, 0.1) is 17.9 Å². The molecule has 0 fully saturated rings. The van der Waals surface area contributed by atoms with Crippen molar-refractivity contribution in [3.8, 4) is 6.07 Å². The monoisotopic (exact) mass is 260 g/mol. The van der Waals surface area contributed by atoms with Gasteiger partial charge in [-0.2, -0.15) is 5.26 Å². The van der Waals surface area contributed by atoms with E-state index in [1.807, 2.05) is 36.4 Å². The highest BCUT2D eigenvalue weighted by molar-refractivity contribution is 8.00. The summed E-state index contributed by atoms with van der Waals surface area (Å²) in [5, 5.41) is 11.4. The Kier molecular flexibility index (Phi) is 4.26. The summed E-state index contributed by atoms with van der Waals surface area (Å²) in [6, 6.07) is 11.7. The Balaban J connectivity index is 1.85. The largest absolute Gasteiger partial charge is 0.478 e. The van der Waals surface area contributed by atoms with Gasteiger partial charge in [0, 0.05) is 11.3 Å². The van der Waals surface area contributed by atoms with Crippen molar-refractivity contribution in [1.82, 2.24) is 5.32 Å². The van der Waals surface area contributed by atoms with E-state index in [-0.39, 0.29) is 5.91 Å². The number of rotatable bonds is 4. The van der Waals surface area contributed by atoms with Crippen molar-refractivity contribution in [2.75, 3.05) is 12.4 Å². The Labute approximate surface area is 110 Å². The van der Waals surface area contributed by atoms with Crippen molar-refractivity contribution in [2.45, 2.75) is 11.3 Å². The number of amides is 1. The van der Waals surface area contributed by atoms with Crippen LogP contribution in [-0.2, 0) is 9.53 Å². The molecule has 1 aliphatic rings. The van der Waals surface area contributed by atoms with Gasteiger partial charge in [-0.15, -0.1) is 11.8 Å². The molecule has 0 bridgehead atoms. The Morgan fingerprint density at radius 3 is 2.94 bits per heavy atom. The quantitative estimate of drug-likeness (QED) is 0.842. The molecular formula is C13H12N2O2S. The zero-order valence-corrected chi connectivity index (χ0v) is 10.5. The van der Waals surface area contributed by atoms with Crippen molar-refractivity contribution < 1.29 is 9.53 Å². The van der Waals surface area contributed by atoms with Gasteiger partial charge >= 0.3 is 0 Å². The van der Waals surface area contributed by atoms with Crippen molar-refractivity contribution >= 4 is 17.7 Å². The number of ether oxygens (including phenoxy) is 1. The SMILES string of the molecule is N#CC1=C(NC(=O)CSc2ccccc2)OCC1. The molecule has 1 N–H and O–H groups in total. The number of benzene rings is 1. The first-order valence-corrected chi connectivity index (χ1v) is 6.52. The first-order valence-electron chi connectivity index (χ1n) is 5.53. The molecule has 2 rings (SSSR count). The third-order valence-electron chi connectivity index (χ3n) is 2.37. The van der Waals surface area contributed by atoms with E-state index in [0.717, 1.165) is 4.90 Å². The highest BCUT2D eigenvalue weighted by atomic mass is 32.2. The number of thioether (sulfide) groups is 1. The second kappa shape index (κ2) is 6.12. The lowest BCUT2D eigenvalue weighted by atomic mass is 10.2. The van der Waals surface area contributed by atoms with Crippen LogP contribution in [0.4, 0.5) is 0 Å². The lowest BCUT2D eigenvalue weighted by Gasteiger charge is -2.06. The first-order chi connectivity index (χ1) is 8.79. The Bertz CT molecular complexity index is 505. The Morgan fingerprint density at radius 2 is 2.22 bits per heavy atom. The summed E-state index contributed by atoms with van der Waals surface area (Å²) in [7, 11) is 0. The van der Waals surface area contributed by atoms with E-state index >= 15 is 0 Å². The molecule has 0 spiro atoms. The number of nitriles is 1. The zero-order chi connectivity index (χ0) is 12.8. The van der Waals surface area contributed by atoms with E-state index in [2.05, 4.69) is 5.32 Å². The maximum absolute atomic E-state index is 11.7. The molecule has 0 saturated carbocycles. The normalized spacial score (nSPS) is 13.9. The number of nitrogens with zero attached hydrogens (tertiary/aromatic N) is 1. The molecule has 0 unspecified atom stereocenters. The average molecular weight is 260 g/mol. The molecule has 0 atom stereocenters. The first kappa shape index (κ1) is 12.5. The fraction of sp³-hybridized carbons (Fsp3) is 0.231. The molecule has 1 heterocycles. The van der Waals surface area contributed by atoms with Crippen LogP contribution < -0.4 is 5.32 Å². The second-order valence-corrected chi connectivity index (χ2v) is 4.72. The van der Waals surface area contributed by atoms with E-state index in [1.165, 1.54) is 11.8 Å². The maximum Gasteiger partial charge on any atom is 0.237 e. The second-order valence-electron chi connectivity index (χ2n) is 3.67. The molecular weight excluding hydrogens is 248 g/mol. The van der Waals surface area contributed by atoms with Crippen LogP contribution in [-0.4, -0.2) is 18.3 Å². The van der Waals surface area contributed by atoms with Crippen molar-refractivity contribution in [2.24, 2.45) is 0 Å². The highest BCUT2D eigenvalue weighted by Gasteiger charge is 2.17. The molecule has 5 heteroatoms. The molecule has 1 aromatic carbocycles. The summed E-state index contributed by atoms with van der Waals surface area (Å²) in [6.45, 7) is 0.463. The number of nitrogens with one attached hydrogen (secondary N) is 1. The van der Waals surface area contributed by atoms with Gasteiger partial charge in [0.25, 0.3) is 0 Å². The molecule has 1 aliphatic heterocycles. The summed E-state index contributed by atoms with van der Waals surface area (Å²) < 4.78 is 5.20. The van der Waals surface area contributed by atoms with Gasteiger partial charge in [0.15, 0.2) is 0 Å². The topological polar surface area (TPSA) is 62.1 Å². The van der Waals surface area contributed by atoms with Gasteiger partial charge in [0.2, 0.25) is 11.8 Å². The molecule has 18 heavy (non-hydrogen) atoms. The van der Waals surface area contributed by atoms with Gasteiger partial charge in [-0.25, -0.2) is 0 Å². The van der Waals surface area contributed by atoms with Gasteiger partial charge in [-0.3, -0.25) is 10.1 Å². The van der Waals surface area contributed by atoms with Crippen LogP contribution in [0.15, 0.2) is 46.7 Å². The number of carbonyl (C=O) groups is 1.